The molecule has 0 spiro atoms. The molecule has 0 bridgehead atoms. The highest BCUT2D eigenvalue weighted by Gasteiger charge is 2.34. The zero-order chi connectivity index (χ0) is 24.3. The van der Waals surface area contributed by atoms with E-state index in [0.29, 0.717) is 37.5 Å². The fraction of sp³-hybridized carbons (Fsp3) is 0.360. The molecule has 2 heterocycles. The van der Waals surface area contributed by atoms with Crippen LogP contribution in [-0.2, 0) is 21.9 Å². The van der Waals surface area contributed by atoms with Gasteiger partial charge in [-0.05, 0) is 38.0 Å². The van der Waals surface area contributed by atoms with Crippen LogP contribution in [0.15, 0.2) is 65.8 Å². The van der Waals surface area contributed by atoms with Crippen molar-refractivity contribution in [2.24, 2.45) is 13.0 Å². The molecule has 1 N–H and O–H groups in total. The number of aromatic nitrogens is 2. The first-order valence-corrected chi connectivity index (χ1v) is 12.7. The number of nitrogens with one attached hydrogen (secondary N) is 1. The lowest BCUT2D eigenvalue weighted by Crippen LogP contribution is -2.44. The Labute approximate surface area is 200 Å². The first-order valence-electron chi connectivity index (χ1n) is 11.3. The molecule has 0 radical (unpaired) electrons. The van der Waals surface area contributed by atoms with Gasteiger partial charge in [-0.15, -0.1) is 0 Å². The maximum absolute atomic E-state index is 13.3. The van der Waals surface area contributed by atoms with E-state index in [1.165, 1.54) is 4.31 Å². The molecule has 180 valence electrons. The number of carbonyl (C=O) groups excluding carboxylic acids is 1. The van der Waals surface area contributed by atoms with Crippen LogP contribution in [0.1, 0.15) is 35.8 Å². The number of methoxy groups -OCH3 is 1. The second-order valence-electron chi connectivity index (χ2n) is 8.57. The number of hydrogen-bond donors (Lipinski definition) is 1. The Balaban J connectivity index is 1.48. The van der Waals surface area contributed by atoms with Gasteiger partial charge in [-0.2, -0.15) is 4.31 Å². The minimum absolute atomic E-state index is 0.119. The lowest BCUT2D eigenvalue weighted by Gasteiger charge is -2.31. The Morgan fingerprint density at radius 1 is 1.12 bits per heavy atom. The summed E-state index contributed by atoms with van der Waals surface area (Å²) in [5.74, 6) is 0.945. The van der Waals surface area contributed by atoms with Gasteiger partial charge in [0.15, 0.2) is 0 Å². The number of carbonyl (C=O) groups is 1. The molecule has 1 saturated heterocycles. The summed E-state index contributed by atoms with van der Waals surface area (Å²) in [4.78, 5) is 18.0. The van der Waals surface area contributed by atoms with Gasteiger partial charge in [-0.25, -0.2) is 13.4 Å². The van der Waals surface area contributed by atoms with Crippen LogP contribution in [0.5, 0.6) is 5.75 Å². The minimum Gasteiger partial charge on any atom is -0.496 e. The third kappa shape index (κ3) is 4.85. The van der Waals surface area contributed by atoms with Crippen LogP contribution in [0.25, 0.3) is 0 Å². The van der Waals surface area contributed by atoms with Crippen LogP contribution in [0.3, 0.4) is 0 Å². The standard InChI is InChI=1S/C25H30N4O4S/c1-18-8-10-20(11-9-18)34(31,32)29-15-12-19(13-16-29)25(30)27-23(24-26-14-17-28(24)2)21-6-4-5-7-22(21)33-3/h4-11,14,17,19,23H,12-13,15-16H2,1-3H3,(H,27,30)/t23-/m1/s1. The van der Waals surface area contributed by atoms with Crippen molar-refractivity contribution in [3.8, 4) is 5.75 Å². The van der Waals surface area contributed by atoms with E-state index in [9.17, 15) is 13.2 Å². The molecule has 1 aliphatic rings. The maximum Gasteiger partial charge on any atom is 0.243 e. The summed E-state index contributed by atoms with van der Waals surface area (Å²) >= 11 is 0. The Bertz CT molecular complexity index is 1250. The summed E-state index contributed by atoms with van der Waals surface area (Å²) in [7, 11) is -0.0944. The van der Waals surface area contributed by atoms with E-state index in [2.05, 4.69) is 10.3 Å². The second kappa shape index (κ2) is 9.99. The normalized spacial score (nSPS) is 16.2. The maximum atomic E-state index is 13.3. The quantitative estimate of drug-likeness (QED) is 0.559. The van der Waals surface area contributed by atoms with Crippen LogP contribution in [0.4, 0.5) is 0 Å². The van der Waals surface area contributed by atoms with Crippen LogP contribution in [-0.4, -0.2) is 48.4 Å². The molecular weight excluding hydrogens is 452 g/mol. The molecule has 1 aromatic heterocycles. The van der Waals surface area contributed by atoms with Crippen LogP contribution in [0.2, 0.25) is 0 Å². The molecule has 1 fully saturated rings. The van der Waals surface area contributed by atoms with Crippen molar-refractivity contribution >= 4 is 15.9 Å². The molecule has 0 aliphatic carbocycles. The third-order valence-electron chi connectivity index (χ3n) is 6.34. The van der Waals surface area contributed by atoms with Crippen molar-refractivity contribution < 1.29 is 17.9 Å². The molecule has 34 heavy (non-hydrogen) atoms. The molecule has 0 unspecified atom stereocenters. The van der Waals surface area contributed by atoms with Gasteiger partial charge in [0.2, 0.25) is 15.9 Å². The summed E-state index contributed by atoms with van der Waals surface area (Å²) in [6.07, 6.45) is 4.43. The number of rotatable bonds is 7. The lowest BCUT2D eigenvalue weighted by molar-refractivity contribution is -0.126. The molecule has 1 aliphatic heterocycles. The van der Waals surface area contributed by atoms with E-state index in [-0.39, 0.29) is 16.7 Å². The summed E-state index contributed by atoms with van der Waals surface area (Å²) in [6.45, 7) is 2.52. The zero-order valence-corrected chi connectivity index (χ0v) is 20.5. The number of para-hydroxylation sites is 1. The van der Waals surface area contributed by atoms with E-state index in [1.807, 2.05) is 49.0 Å². The highest BCUT2D eigenvalue weighted by Crippen LogP contribution is 2.30. The molecule has 9 heteroatoms. The van der Waals surface area contributed by atoms with E-state index in [1.54, 1.807) is 37.6 Å². The van der Waals surface area contributed by atoms with E-state index >= 15 is 0 Å². The largest absolute Gasteiger partial charge is 0.496 e. The molecule has 8 nitrogen and oxygen atoms in total. The number of benzene rings is 2. The summed E-state index contributed by atoms with van der Waals surface area (Å²) in [5.41, 5.74) is 1.82. The van der Waals surface area contributed by atoms with Gasteiger partial charge in [0.05, 0.1) is 12.0 Å². The summed E-state index contributed by atoms with van der Waals surface area (Å²) in [6, 6.07) is 13.9. The highest BCUT2D eigenvalue weighted by atomic mass is 32.2. The van der Waals surface area contributed by atoms with E-state index in [0.717, 1.165) is 11.1 Å². The molecule has 0 saturated carbocycles. The number of sulfonamides is 1. The summed E-state index contributed by atoms with van der Waals surface area (Å²) in [5, 5.41) is 3.14. The molecule has 2 aromatic carbocycles. The Hall–Kier alpha value is -3.17. The van der Waals surface area contributed by atoms with Gasteiger partial charge in [-0.3, -0.25) is 4.79 Å². The van der Waals surface area contributed by atoms with Gasteiger partial charge < -0.3 is 14.6 Å². The first kappa shape index (κ1) is 24.0. The van der Waals surface area contributed by atoms with Gasteiger partial charge in [-0.1, -0.05) is 35.9 Å². The number of piperidine rings is 1. The second-order valence-corrected chi connectivity index (χ2v) is 10.5. The smallest absolute Gasteiger partial charge is 0.243 e. The van der Waals surface area contributed by atoms with Crippen molar-refractivity contribution in [2.75, 3.05) is 20.2 Å². The third-order valence-corrected chi connectivity index (χ3v) is 8.25. The zero-order valence-electron chi connectivity index (χ0n) is 19.6. The van der Waals surface area contributed by atoms with Gasteiger partial charge in [0.25, 0.3) is 0 Å². The van der Waals surface area contributed by atoms with Crippen LogP contribution >= 0.6 is 0 Å². The van der Waals surface area contributed by atoms with Gasteiger partial charge >= 0.3 is 0 Å². The van der Waals surface area contributed by atoms with Crippen molar-refractivity contribution in [2.45, 2.75) is 30.7 Å². The first-order chi connectivity index (χ1) is 16.3. The number of imidazole rings is 1. The summed E-state index contributed by atoms with van der Waals surface area (Å²) < 4.78 is 34.9. The SMILES string of the molecule is COc1ccccc1[C@@H](NC(=O)C1CCN(S(=O)(=O)c2ccc(C)cc2)CC1)c1nccn1C. The predicted octanol–water partition coefficient (Wildman–Crippen LogP) is 3.04. The van der Waals surface area contributed by atoms with Crippen LogP contribution in [0, 0.1) is 12.8 Å². The number of nitrogens with zero attached hydrogens (tertiary/aromatic N) is 3. The fourth-order valence-corrected chi connectivity index (χ4v) is 5.79. The Kier molecular flexibility index (Phi) is 7.04. The fourth-order valence-electron chi connectivity index (χ4n) is 4.32. The predicted molar refractivity (Wildman–Crippen MR) is 129 cm³/mol. The minimum atomic E-state index is -3.57. The average molecular weight is 483 g/mol. The topological polar surface area (TPSA) is 93.5 Å². The number of hydrogen-bond acceptors (Lipinski definition) is 5. The molecular formula is C25H30N4O4S. The van der Waals surface area contributed by atoms with Gasteiger partial charge in [0, 0.05) is 44.0 Å². The number of ether oxygens (including phenoxy) is 1. The molecule has 4 rings (SSSR count). The average Bonchev–Trinajstić information content (AvgIpc) is 3.28. The molecule has 1 atom stereocenters. The molecule has 3 aromatic rings. The van der Waals surface area contributed by atoms with Crippen molar-refractivity contribution in [1.29, 1.82) is 0 Å². The monoisotopic (exact) mass is 482 g/mol. The van der Waals surface area contributed by atoms with Crippen molar-refractivity contribution in [3.05, 3.63) is 77.9 Å². The lowest BCUT2D eigenvalue weighted by atomic mass is 9.96. The van der Waals surface area contributed by atoms with Crippen LogP contribution < -0.4 is 10.1 Å². The Morgan fingerprint density at radius 2 is 1.79 bits per heavy atom. The van der Waals surface area contributed by atoms with Crippen molar-refractivity contribution in [1.82, 2.24) is 19.2 Å². The number of aryl methyl sites for hydroxylation is 2. The van der Waals surface area contributed by atoms with Gasteiger partial charge in [0.1, 0.15) is 17.6 Å². The molecule has 1 amide bonds. The number of amides is 1. The van der Waals surface area contributed by atoms with E-state index in [4.69, 9.17) is 4.74 Å². The van der Waals surface area contributed by atoms with Crippen molar-refractivity contribution in [3.63, 3.8) is 0 Å². The Morgan fingerprint density at radius 3 is 2.41 bits per heavy atom. The van der Waals surface area contributed by atoms with E-state index < -0.39 is 16.1 Å². The highest BCUT2D eigenvalue weighted by molar-refractivity contribution is 7.89.